The number of hydrogen-bond donors (Lipinski definition) is 0. The van der Waals surface area contributed by atoms with E-state index in [0.717, 1.165) is 13.0 Å². The smallest absolute Gasteiger partial charge is 0.0653 e. The van der Waals surface area contributed by atoms with Gasteiger partial charge in [-0.3, -0.25) is 0 Å². The minimum atomic E-state index is 0.201. The third kappa shape index (κ3) is 12.6. The van der Waals surface area contributed by atoms with Gasteiger partial charge in [0, 0.05) is 5.92 Å². The van der Waals surface area contributed by atoms with Crippen molar-refractivity contribution in [1.82, 2.24) is 4.90 Å². The van der Waals surface area contributed by atoms with Gasteiger partial charge in [0.1, 0.15) is 0 Å². The van der Waals surface area contributed by atoms with Crippen LogP contribution in [0, 0.1) is 17.2 Å². The van der Waals surface area contributed by atoms with Gasteiger partial charge < -0.3 is 4.90 Å². The van der Waals surface area contributed by atoms with Crippen molar-refractivity contribution < 1.29 is 0 Å². The lowest BCUT2D eigenvalue weighted by Gasteiger charge is -2.08. The molecule has 0 amide bonds. The van der Waals surface area contributed by atoms with Crippen LogP contribution in [-0.4, -0.2) is 25.5 Å². The van der Waals surface area contributed by atoms with E-state index in [4.69, 9.17) is 5.26 Å². The minimum Gasteiger partial charge on any atom is -0.309 e. The molecule has 2 heteroatoms. The van der Waals surface area contributed by atoms with Crippen LogP contribution in [0.1, 0.15) is 27.2 Å². The summed E-state index contributed by atoms with van der Waals surface area (Å²) in [6, 6.07) is 2.19. The van der Waals surface area contributed by atoms with E-state index in [9.17, 15) is 0 Å². The highest BCUT2D eigenvalue weighted by molar-refractivity contribution is 4.78. The predicted molar refractivity (Wildman–Crippen MR) is 49.3 cm³/mol. The molecule has 0 rings (SSSR count). The summed E-state index contributed by atoms with van der Waals surface area (Å²) in [6.45, 7) is 6.96. The van der Waals surface area contributed by atoms with E-state index in [1.54, 1.807) is 0 Å². The van der Waals surface area contributed by atoms with Gasteiger partial charge in [0.15, 0.2) is 0 Å². The molecule has 0 aliphatic heterocycles. The summed E-state index contributed by atoms with van der Waals surface area (Å²) in [5.41, 5.74) is 0. The maximum Gasteiger partial charge on any atom is 0.0653 e. The normalized spacial score (nSPS) is 11.4. The lowest BCUT2D eigenvalue weighted by Crippen LogP contribution is -2.14. The van der Waals surface area contributed by atoms with Crippen molar-refractivity contribution in [3.8, 4) is 6.07 Å². The summed E-state index contributed by atoms with van der Waals surface area (Å²) in [5, 5.41) is 8.38. The molecule has 0 aromatic carbocycles. The van der Waals surface area contributed by atoms with E-state index in [1.165, 1.54) is 0 Å². The molecule has 0 saturated heterocycles. The van der Waals surface area contributed by atoms with E-state index in [-0.39, 0.29) is 5.92 Å². The lowest BCUT2D eigenvalue weighted by molar-refractivity contribution is 0.381. The highest BCUT2D eigenvalue weighted by Crippen LogP contribution is 1.98. The average Bonchev–Trinajstić information content (AvgIpc) is 2.04. The number of hydrogen-bond acceptors (Lipinski definition) is 2. The first kappa shape index (κ1) is 13.1. The fourth-order valence-electron chi connectivity index (χ4n) is 0.516. The van der Waals surface area contributed by atoms with Gasteiger partial charge in [0.2, 0.25) is 0 Å². The maximum absolute atomic E-state index is 8.38. The molecule has 0 saturated carbocycles. The molecule has 0 aliphatic rings. The van der Waals surface area contributed by atoms with Crippen LogP contribution in [0.15, 0.2) is 0 Å². The quantitative estimate of drug-likeness (QED) is 0.626. The zero-order valence-corrected chi connectivity index (χ0v) is 8.39. The van der Waals surface area contributed by atoms with Crippen LogP contribution in [0.2, 0.25) is 0 Å². The molecule has 66 valence electrons. The molecular formula is C9H20N2. The van der Waals surface area contributed by atoms with Gasteiger partial charge in [-0.25, -0.2) is 0 Å². The van der Waals surface area contributed by atoms with Gasteiger partial charge >= 0.3 is 0 Å². The molecule has 0 aromatic rings. The molecule has 0 aliphatic carbocycles. The van der Waals surface area contributed by atoms with E-state index in [2.05, 4.69) is 11.0 Å². The second-order valence-corrected chi connectivity index (χ2v) is 2.62. The van der Waals surface area contributed by atoms with Crippen LogP contribution in [0.5, 0.6) is 0 Å². The average molecular weight is 156 g/mol. The van der Waals surface area contributed by atoms with Crippen molar-refractivity contribution in [3.63, 3.8) is 0 Å². The number of rotatable bonds is 3. The second-order valence-electron chi connectivity index (χ2n) is 2.62. The van der Waals surface area contributed by atoms with Crippen molar-refractivity contribution in [3.05, 3.63) is 0 Å². The van der Waals surface area contributed by atoms with Gasteiger partial charge in [-0.15, -0.1) is 0 Å². The molecule has 0 radical (unpaired) electrons. The Bertz CT molecular complexity index is 103. The number of nitrogens with zero attached hydrogens (tertiary/aromatic N) is 2. The molecule has 0 N–H and O–H groups in total. The first-order valence-electron chi connectivity index (χ1n) is 4.21. The van der Waals surface area contributed by atoms with Gasteiger partial charge in [0.25, 0.3) is 0 Å². The Morgan fingerprint density at radius 2 is 1.82 bits per heavy atom. The Kier molecular flexibility index (Phi) is 11.2. The first-order chi connectivity index (χ1) is 5.16. The summed E-state index contributed by atoms with van der Waals surface area (Å²) >= 11 is 0. The highest BCUT2D eigenvalue weighted by atomic mass is 15.0. The standard InChI is InChI=1S/C7H14N2.C2H6/c1-7(6-8)4-5-9(2)3;1-2/h7H,4-5H2,1-3H3;1-2H3. The predicted octanol–water partition coefficient (Wildman–Crippen LogP) is 2.12. The van der Waals surface area contributed by atoms with E-state index in [1.807, 2.05) is 34.9 Å². The fourth-order valence-corrected chi connectivity index (χ4v) is 0.516. The molecule has 0 aromatic heterocycles. The SMILES string of the molecule is CC.CC(C#N)CCN(C)C. The van der Waals surface area contributed by atoms with E-state index in [0.29, 0.717) is 0 Å². The summed E-state index contributed by atoms with van der Waals surface area (Å²) in [4.78, 5) is 2.09. The lowest BCUT2D eigenvalue weighted by atomic mass is 10.1. The van der Waals surface area contributed by atoms with Crippen molar-refractivity contribution in [1.29, 1.82) is 5.26 Å². The third-order valence-corrected chi connectivity index (χ3v) is 1.23. The molecule has 0 fully saturated rings. The summed E-state index contributed by atoms with van der Waals surface area (Å²) in [7, 11) is 4.04. The monoisotopic (exact) mass is 156 g/mol. The summed E-state index contributed by atoms with van der Waals surface area (Å²) in [6.07, 6.45) is 0.976. The van der Waals surface area contributed by atoms with Crippen LogP contribution in [0.3, 0.4) is 0 Å². The van der Waals surface area contributed by atoms with Gasteiger partial charge in [-0.2, -0.15) is 5.26 Å². The molecule has 2 nitrogen and oxygen atoms in total. The molecule has 1 atom stereocenters. The number of nitriles is 1. The minimum absolute atomic E-state index is 0.201. The molecule has 0 bridgehead atoms. The Labute approximate surface area is 70.8 Å². The molecule has 1 unspecified atom stereocenters. The Morgan fingerprint density at radius 3 is 2.09 bits per heavy atom. The maximum atomic E-state index is 8.38. The van der Waals surface area contributed by atoms with E-state index < -0.39 is 0 Å². The van der Waals surface area contributed by atoms with Gasteiger partial charge in [-0.05, 0) is 34.0 Å². The van der Waals surface area contributed by atoms with Crippen LogP contribution in [-0.2, 0) is 0 Å². The third-order valence-electron chi connectivity index (χ3n) is 1.23. The van der Waals surface area contributed by atoms with Crippen molar-refractivity contribution in [2.75, 3.05) is 20.6 Å². The fraction of sp³-hybridized carbons (Fsp3) is 0.889. The Hall–Kier alpha value is -0.550. The molecular weight excluding hydrogens is 136 g/mol. The summed E-state index contributed by atoms with van der Waals surface area (Å²) in [5.74, 6) is 0.201. The largest absolute Gasteiger partial charge is 0.309 e. The zero-order chi connectivity index (χ0) is 9.28. The van der Waals surface area contributed by atoms with Crippen molar-refractivity contribution in [2.24, 2.45) is 5.92 Å². The molecule has 11 heavy (non-hydrogen) atoms. The molecule has 0 heterocycles. The van der Waals surface area contributed by atoms with Crippen molar-refractivity contribution in [2.45, 2.75) is 27.2 Å². The Balaban J connectivity index is 0. The van der Waals surface area contributed by atoms with Gasteiger partial charge in [-0.1, -0.05) is 13.8 Å². The zero-order valence-electron chi connectivity index (χ0n) is 8.39. The van der Waals surface area contributed by atoms with Crippen molar-refractivity contribution >= 4 is 0 Å². The van der Waals surface area contributed by atoms with E-state index >= 15 is 0 Å². The molecule has 0 spiro atoms. The van der Waals surface area contributed by atoms with Crippen LogP contribution in [0.25, 0.3) is 0 Å². The van der Waals surface area contributed by atoms with Crippen LogP contribution in [0.4, 0.5) is 0 Å². The highest BCUT2D eigenvalue weighted by Gasteiger charge is 1.98. The summed E-state index contributed by atoms with van der Waals surface area (Å²) < 4.78 is 0. The van der Waals surface area contributed by atoms with Gasteiger partial charge in [0.05, 0.1) is 6.07 Å². The Morgan fingerprint density at radius 1 is 1.36 bits per heavy atom. The van der Waals surface area contributed by atoms with Crippen LogP contribution >= 0.6 is 0 Å². The second kappa shape index (κ2) is 9.45. The topological polar surface area (TPSA) is 27.0 Å². The van der Waals surface area contributed by atoms with Crippen LogP contribution < -0.4 is 0 Å². The first-order valence-corrected chi connectivity index (χ1v) is 4.21.